The minimum atomic E-state index is -0.167. The zero-order chi connectivity index (χ0) is 19.8. The molecule has 0 unspecified atom stereocenters. The van der Waals surface area contributed by atoms with Crippen molar-refractivity contribution in [1.82, 2.24) is 9.97 Å². The minimum Gasteiger partial charge on any atom is -0.345 e. The molecule has 0 atom stereocenters. The summed E-state index contributed by atoms with van der Waals surface area (Å²) in [5.41, 5.74) is 1.53. The number of para-hydroxylation sites is 1. The van der Waals surface area contributed by atoms with Gasteiger partial charge in [0.15, 0.2) is 0 Å². The summed E-state index contributed by atoms with van der Waals surface area (Å²) in [5.74, 6) is 1.51. The topological polar surface area (TPSA) is 62.6 Å². The number of carbonyl (C=O) groups is 1. The van der Waals surface area contributed by atoms with Crippen LogP contribution in [0, 0.1) is 13.8 Å². The van der Waals surface area contributed by atoms with Crippen LogP contribution >= 0.6 is 22.9 Å². The molecule has 6 nitrogen and oxygen atoms in total. The van der Waals surface area contributed by atoms with Gasteiger partial charge in [0.1, 0.15) is 16.5 Å². The number of nitrogens with one attached hydrogen (secondary N) is 2. The number of thiophene rings is 1. The molecule has 1 aromatic carbocycles. The van der Waals surface area contributed by atoms with Gasteiger partial charge in [-0.15, -0.1) is 11.3 Å². The molecule has 3 heterocycles. The summed E-state index contributed by atoms with van der Waals surface area (Å²) in [4.78, 5) is 27.6. The van der Waals surface area contributed by atoms with Crippen molar-refractivity contribution in [3.05, 3.63) is 45.6 Å². The molecule has 0 spiro atoms. The first kappa shape index (κ1) is 19.1. The highest BCUT2D eigenvalue weighted by molar-refractivity contribution is 7.20. The van der Waals surface area contributed by atoms with E-state index in [9.17, 15) is 4.79 Å². The number of quaternary nitrogens is 1. The largest absolute Gasteiger partial charge is 0.345 e. The molecular weight excluding hydrogens is 394 g/mol. The molecule has 1 saturated heterocycles. The van der Waals surface area contributed by atoms with Crippen molar-refractivity contribution in [3.63, 3.8) is 0 Å². The summed E-state index contributed by atoms with van der Waals surface area (Å²) in [7, 11) is 2.21. The number of nitrogens with zero attached hydrogens (tertiary/aromatic N) is 3. The monoisotopic (exact) mass is 416 g/mol. The maximum absolute atomic E-state index is 12.9. The lowest BCUT2D eigenvalue weighted by atomic mass is 10.1. The van der Waals surface area contributed by atoms with Crippen molar-refractivity contribution in [3.8, 4) is 0 Å². The molecule has 1 aliphatic heterocycles. The van der Waals surface area contributed by atoms with E-state index in [-0.39, 0.29) is 5.91 Å². The zero-order valence-corrected chi connectivity index (χ0v) is 17.7. The molecule has 0 radical (unpaired) electrons. The second-order valence-electron chi connectivity index (χ2n) is 7.21. The molecule has 146 valence electrons. The molecule has 0 saturated carbocycles. The summed E-state index contributed by atoms with van der Waals surface area (Å²) in [6, 6.07) is 7.24. The third kappa shape index (κ3) is 3.57. The van der Waals surface area contributed by atoms with Crippen molar-refractivity contribution < 1.29 is 9.69 Å². The van der Waals surface area contributed by atoms with Gasteiger partial charge in [0.05, 0.1) is 54.2 Å². The predicted molar refractivity (Wildman–Crippen MR) is 115 cm³/mol. The van der Waals surface area contributed by atoms with Crippen molar-refractivity contribution in [2.24, 2.45) is 0 Å². The Labute approximate surface area is 173 Å². The van der Waals surface area contributed by atoms with E-state index >= 15 is 0 Å². The molecule has 4 rings (SSSR count). The van der Waals surface area contributed by atoms with Gasteiger partial charge in [-0.1, -0.05) is 23.7 Å². The number of aryl methyl sites for hydroxylation is 2. The third-order valence-electron chi connectivity index (χ3n) is 5.13. The number of rotatable bonds is 3. The van der Waals surface area contributed by atoms with E-state index in [0.29, 0.717) is 15.6 Å². The van der Waals surface area contributed by atoms with Crippen LogP contribution in [0.3, 0.4) is 0 Å². The lowest BCUT2D eigenvalue weighted by Gasteiger charge is -2.31. The lowest BCUT2D eigenvalue weighted by Crippen LogP contribution is -3.12. The molecule has 1 aliphatic rings. The molecule has 0 aliphatic carbocycles. The normalized spacial score (nSPS) is 15.2. The molecule has 3 aromatic rings. The van der Waals surface area contributed by atoms with Crippen molar-refractivity contribution in [1.29, 1.82) is 0 Å². The second-order valence-corrected chi connectivity index (χ2v) is 8.62. The molecule has 2 N–H and O–H groups in total. The number of amides is 1. The van der Waals surface area contributed by atoms with Crippen LogP contribution in [0.2, 0.25) is 5.02 Å². The Morgan fingerprint density at radius 3 is 2.64 bits per heavy atom. The van der Waals surface area contributed by atoms with Gasteiger partial charge in [0, 0.05) is 0 Å². The first-order chi connectivity index (χ1) is 13.4. The standard InChI is InChI=1S/C20H22ClN5OS/c1-12-16-18(26-10-8-25(3)9-11-26)22-13(2)23-20(16)28-17(12)19(27)24-15-7-5-4-6-14(15)21/h4-7H,8-11H2,1-3H3,(H,24,27)/p+1. The average Bonchev–Trinajstić information content (AvgIpc) is 3.00. The number of halogens is 1. The first-order valence-electron chi connectivity index (χ1n) is 9.34. The Balaban J connectivity index is 1.73. The Kier molecular flexibility index (Phi) is 5.23. The Hall–Kier alpha value is -2.22. The van der Waals surface area contributed by atoms with Gasteiger partial charge in [-0.05, 0) is 31.5 Å². The molecule has 2 aromatic heterocycles. The van der Waals surface area contributed by atoms with E-state index in [1.54, 1.807) is 12.1 Å². The summed E-state index contributed by atoms with van der Waals surface area (Å²) in [6.07, 6.45) is 0. The molecular formula is C20H23ClN5OS+. The van der Waals surface area contributed by atoms with Crippen LogP contribution in [-0.4, -0.2) is 49.1 Å². The number of aromatic nitrogens is 2. The van der Waals surface area contributed by atoms with E-state index < -0.39 is 0 Å². The van der Waals surface area contributed by atoms with Crippen molar-refractivity contribution in [2.75, 3.05) is 43.4 Å². The van der Waals surface area contributed by atoms with E-state index in [1.807, 2.05) is 26.0 Å². The third-order valence-corrected chi connectivity index (χ3v) is 6.64. The highest BCUT2D eigenvalue weighted by atomic mass is 35.5. The SMILES string of the molecule is Cc1nc(N2CC[NH+](C)CC2)c2c(C)c(C(=O)Nc3ccccc3Cl)sc2n1. The average molecular weight is 417 g/mol. The van der Waals surface area contributed by atoms with E-state index in [0.717, 1.165) is 53.6 Å². The van der Waals surface area contributed by atoms with Crippen LogP contribution in [0.5, 0.6) is 0 Å². The second kappa shape index (κ2) is 7.66. The fraction of sp³-hybridized carbons (Fsp3) is 0.350. The summed E-state index contributed by atoms with van der Waals surface area (Å²) in [6.45, 7) is 7.94. The lowest BCUT2D eigenvalue weighted by molar-refractivity contribution is -0.880. The number of piperazine rings is 1. The number of anilines is 2. The first-order valence-corrected chi connectivity index (χ1v) is 10.5. The summed E-state index contributed by atoms with van der Waals surface area (Å²) >= 11 is 7.60. The molecule has 0 bridgehead atoms. The number of likely N-dealkylation sites (N-methyl/N-ethyl adjacent to an activating group) is 1. The van der Waals surface area contributed by atoms with Gasteiger partial charge in [0.2, 0.25) is 0 Å². The van der Waals surface area contributed by atoms with Gasteiger partial charge in [-0.25, -0.2) is 9.97 Å². The zero-order valence-electron chi connectivity index (χ0n) is 16.2. The molecule has 1 amide bonds. The van der Waals surface area contributed by atoms with Crippen LogP contribution in [0.1, 0.15) is 21.1 Å². The van der Waals surface area contributed by atoms with Crippen molar-refractivity contribution in [2.45, 2.75) is 13.8 Å². The quantitative estimate of drug-likeness (QED) is 0.688. The number of hydrogen-bond acceptors (Lipinski definition) is 5. The summed E-state index contributed by atoms with van der Waals surface area (Å²) < 4.78 is 0. The maximum atomic E-state index is 12.9. The Bertz CT molecular complexity index is 1040. The van der Waals surface area contributed by atoms with Crippen LogP contribution < -0.4 is 15.1 Å². The maximum Gasteiger partial charge on any atom is 0.266 e. The van der Waals surface area contributed by atoms with Gasteiger partial charge >= 0.3 is 0 Å². The number of carbonyl (C=O) groups excluding carboxylic acids is 1. The summed E-state index contributed by atoms with van der Waals surface area (Å²) in [5, 5.41) is 4.43. The van der Waals surface area contributed by atoms with Gasteiger partial charge < -0.3 is 15.1 Å². The minimum absolute atomic E-state index is 0.167. The molecule has 8 heteroatoms. The van der Waals surface area contributed by atoms with E-state index in [1.165, 1.54) is 16.2 Å². The smallest absolute Gasteiger partial charge is 0.266 e. The predicted octanol–water partition coefficient (Wildman–Crippen LogP) is 2.55. The van der Waals surface area contributed by atoms with Crippen LogP contribution in [0.4, 0.5) is 11.5 Å². The van der Waals surface area contributed by atoms with Crippen LogP contribution in [0.25, 0.3) is 10.2 Å². The number of hydrogen-bond donors (Lipinski definition) is 2. The van der Waals surface area contributed by atoms with Gasteiger partial charge in [0.25, 0.3) is 5.91 Å². The van der Waals surface area contributed by atoms with Gasteiger partial charge in [-0.2, -0.15) is 0 Å². The molecule has 1 fully saturated rings. The van der Waals surface area contributed by atoms with Crippen molar-refractivity contribution >= 4 is 50.6 Å². The van der Waals surface area contributed by atoms with Crippen LogP contribution in [-0.2, 0) is 0 Å². The molecule has 28 heavy (non-hydrogen) atoms. The highest BCUT2D eigenvalue weighted by Gasteiger charge is 2.25. The Morgan fingerprint density at radius 2 is 1.93 bits per heavy atom. The number of fused-ring (bicyclic) bond motifs is 1. The Morgan fingerprint density at radius 1 is 1.21 bits per heavy atom. The fourth-order valence-electron chi connectivity index (χ4n) is 3.51. The van der Waals surface area contributed by atoms with E-state index in [4.69, 9.17) is 16.6 Å². The number of benzene rings is 1. The van der Waals surface area contributed by atoms with Gasteiger partial charge in [-0.3, -0.25) is 4.79 Å². The van der Waals surface area contributed by atoms with E-state index in [2.05, 4.69) is 22.2 Å². The highest BCUT2D eigenvalue weighted by Crippen LogP contribution is 2.36. The van der Waals surface area contributed by atoms with Crippen LogP contribution in [0.15, 0.2) is 24.3 Å². The fourth-order valence-corrected chi connectivity index (χ4v) is 4.81.